The van der Waals surface area contributed by atoms with Crippen molar-refractivity contribution in [3.63, 3.8) is 0 Å². The molecule has 2 rings (SSSR count). The normalized spacial score (nSPS) is 20.6. The van der Waals surface area contributed by atoms with Gasteiger partial charge in [0.2, 0.25) is 0 Å². The Morgan fingerprint density at radius 2 is 2.35 bits per heavy atom. The number of hydrogen-bond acceptors (Lipinski definition) is 2. The highest BCUT2D eigenvalue weighted by atomic mass is 127. The predicted octanol–water partition coefficient (Wildman–Crippen LogP) is 3.52. The lowest BCUT2D eigenvalue weighted by Gasteiger charge is -2.35. The molecular formula is C13H18ClIN2. The molecular weight excluding hydrogens is 347 g/mol. The van der Waals surface area contributed by atoms with E-state index in [1.54, 1.807) is 0 Å². The van der Waals surface area contributed by atoms with Crippen molar-refractivity contribution in [3.05, 3.63) is 26.8 Å². The fourth-order valence-electron chi connectivity index (χ4n) is 2.39. The summed E-state index contributed by atoms with van der Waals surface area (Å²) in [4.78, 5) is 2.40. The number of benzene rings is 1. The summed E-state index contributed by atoms with van der Waals surface area (Å²) in [6, 6.07) is 6.90. The first kappa shape index (κ1) is 13.4. The van der Waals surface area contributed by atoms with Crippen LogP contribution in [0.15, 0.2) is 18.2 Å². The molecule has 0 amide bonds. The average Bonchev–Trinajstić information content (AvgIpc) is 2.29. The number of anilines is 1. The minimum absolute atomic E-state index is 0.601. The molecule has 0 aliphatic carbocycles. The van der Waals surface area contributed by atoms with Gasteiger partial charge in [0, 0.05) is 22.7 Å². The SMILES string of the molecule is CCNC1CCCN(c2ccc(I)cc2Cl)C1. The van der Waals surface area contributed by atoms with Crippen LogP contribution in [0.1, 0.15) is 19.8 Å². The van der Waals surface area contributed by atoms with E-state index in [-0.39, 0.29) is 0 Å². The molecule has 0 aromatic heterocycles. The van der Waals surface area contributed by atoms with Crippen molar-refractivity contribution in [2.75, 3.05) is 24.5 Å². The number of nitrogens with zero attached hydrogens (tertiary/aromatic N) is 1. The predicted molar refractivity (Wildman–Crippen MR) is 83.1 cm³/mol. The van der Waals surface area contributed by atoms with E-state index in [9.17, 15) is 0 Å². The van der Waals surface area contributed by atoms with Crippen LogP contribution in [0.4, 0.5) is 5.69 Å². The molecule has 1 aromatic carbocycles. The smallest absolute Gasteiger partial charge is 0.0650 e. The molecule has 1 saturated heterocycles. The summed E-state index contributed by atoms with van der Waals surface area (Å²) in [7, 11) is 0. The van der Waals surface area contributed by atoms with Crippen molar-refractivity contribution in [2.45, 2.75) is 25.8 Å². The molecule has 1 atom stereocenters. The quantitative estimate of drug-likeness (QED) is 0.826. The Bertz CT molecular complexity index is 382. The van der Waals surface area contributed by atoms with Gasteiger partial charge in [0.15, 0.2) is 0 Å². The minimum Gasteiger partial charge on any atom is -0.369 e. The highest BCUT2D eigenvalue weighted by Gasteiger charge is 2.20. The number of piperidine rings is 1. The number of rotatable bonds is 3. The summed E-state index contributed by atoms with van der Waals surface area (Å²) in [5.74, 6) is 0. The molecule has 1 unspecified atom stereocenters. The lowest BCUT2D eigenvalue weighted by molar-refractivity contribution is 0.431. The molecule has 0 saturated carbocycles. The Labute approximate surface area is 122 Å². The van der Waals surface area contributed by atoms with Crippen molar-refractivity contribution in [2.24, 2.45) is 0 Å². The van der Waals surface area contributed by atoms with Crippen LogP contribution >= 0.6 is 34.2 Å². The molecule has 1 heterocycles. The van der Waals surface area contributed by atoms with E-state index in [1.807, 2.05) is 6.07 Å². The van der Waals surface area contributed by atoms with Gasteiger partial charge >= 0.3 is 0 Å². The zero-order valence-electron chi connectivity index (χ0n) is 10.0. The standard InChI is InChI=1S/C13H18ClIN2/c1-2-16-11-4-3-7-17(9-11)13-6-5-10(15)8-12(13)14/h5-6,8,11,16H,2-4,7,9H2,1H3. The molecule has 17 heavy (non-hydrogen) atoms. The first-order valence-corrected chi connectivity index (χ1v) is 7.59. The van der Waals surface area contributed by atoms with Gasteiger partial charge in [-0.1, -0.05) is 18.5 Å². The van der Waals surface area contributed by atoms with E-state index in [2.05, 4.69) is 51.9 Å². The third-order valence-electron chi connectivity index (χ3n) is 3.16. The topological polar surface area (TPSA) is 15.3 Å². The summed E-state index contributed by atoms with van der Waals surface area (Å²) >= 11 is 8.62. The zero-order valence-corrected chi connectivity index (χ0v) is 13.0. The van der Waals surface area contributed by atoms with Crippen LogP contribution in [-0.4, -0.2) is 25.7 Å². The van der Waals surface area contributed by atoms with Gasteiger partial charge < -0.3 is 10.2 Å². The molecule has 0 spiro atoms. The second-order valence-electron chi connectivity index (χ2n) is 4.44. The Morgan fingerprint density at radius 3 is 3.06 bits per heavy atom. The molecule has 1 fully saturated rings. The maximum atomic E-state index is 6.32. The van der Waals surface area contributed by atoms with E-state index >= 15 is 0 Å². The summed E-state index contributed by atoms with van der Waals surface area (Å²) in [6.07, 6.45) is 2.51. The molecule has 0 bridgehead atoms. The third-order valence-corrected chi connectivity index (χ3v) is 4.14. The van der Waals surface area contributed by atoms with E-state index < -0.39 is 0 Å². The summed E-state index contributed by atoms with van der Waals surface area (Å²) in [6.45, 7) is 5.38. The highest BCUT2D eigenvalue weighted by molar-refractivity contribution is 14.1. The Morgan fingerprint density at radius 1 is 1.53 bits per heavy atom. The maximum absolute atomic E-state index is 6.32. The summed E-state index contributed by atoms with van der Waals surface area (Å²) in [5.41, 5.74) is 1.18. The third kappa shape index (κ3) is 3.48. The Hall–Kier alpha value is -0.0000000000000000555. The second kappa shape index (κ2) is 6.25. The van der Waals surface area contributed by atoms with Gasteiger partial charge in [-0.3, -0.25) is 0 Å². The van der Waals surface area contributed by atoms with E-state index in [1.165, 1.54) is 22.1 Å². The van der Waals surface area contributed by atoms with Crippen molar-refractivity contribution in [1.29, 1.82) is 0 Å². The van der Waals surface area contributed by atoms with Gasteiger partial charge in [-0.05, 0) is 60.2 Å². The monoisotopic (exact) mass is 364 g/mol. The van der Waals surface area contributed by atoms with Crippen LogP contribution in [0.2, 0.25) is 5.02 Å². The Kier molecular flexibility index (Phi) is 4.94. The van der Waals surface area contributed by atoms with E-state index in [0.717, 1.165) is 24.7 Å². The van der Waals surface area contributed by atoms with Gasteiger partial charge in [0.05, 0.1) is 10.7 Å². The van der Waals surface area contributed by atoms with E-state index in [4.69, 9.17) is 11.6 Å². The molecule has 94 valence electrons. The zero-order chi connectivity index (χ0) is 12.3. The van der Waals surface area contributed by atoms with E-state index in [0.29, 0.717) is 6.04 Å². The minimum atomic E-state index is 0.601. The number of hydrogen-bond donors (Lipinski definition) is 1. The largest absolute Gasteiger partial charge is 0.369 e. The molecule has 1 aliphatic heterocycles. The number of likely N-dealkylation sites (N-methyl/N-ethyl adjacent to an activating group) is 1. The van der Waals surface area contributed by atoms with Crippen molar-refractivity contribution in [1.82, 2.24) is 5.32 Å². The van der Waals surface area contributed by atoms with Crippen LogP contribution in [0.25, 0.3) is 0 Å². The molecule has 1 aromatic rings. The van der Waals surface area contributed by atoms with Crippen LogP contribution in [-0.2, 0) is 0 Å². The van der Waals surface area contributed by atoms with Crippen LogP contribution in [0.3, 0.4) is 0 Å². The maximum Gasteiger partial charge on any atom is 0.0650 e. The fourth-order valence-corrected chi connectivity index (χ4v) is 3.36. The molecule has 4 heteroatoms. The molecule has 2 nitrogen and oxygen atoms in total. The summed E-state index contributed by atoms with van der Waals surface area (Å²) in [5, 5.41) is 4.40. The van der Waals surface area contributed by atoms with Crippen LogP contribution in [0, 0.1) is 3.57 Å². The first-order chi connectivity index (χ1) is 8.20. The van der Waals surface area contributed by atoms with Crippen molar-refractivity contribution in [3.8, 4) is 0 Å². The van der Waals surface area contributed by atoms with Gasteiger partial charge in [-0.15, -0.1) is 0 Å². The van der Waals surface area contributed by atoms with Crippen molar-refractivity contribution >= 4 is 39.9 Å². The van der Waals surface area contributed by atoms with Crippen molar-refractivity contribution < 1.29 is 0 Å². The lowest BCUT2D eigenvalue weighted by atomic mass is 10.0. The molecule has 0 radical (unpaired) electrons. The molecule has 1 N–H and O–H groups in total. The average molecular weight is 365 g/mol. The molecule has 1 aliphatic rings. The lowest BCUT2D eigenvalue weighted by Crippen LogP contribution is -2.45. The second-order valence-corrected chi connectivity index (χ2v) is 6.09. The number of nitrogens with one attached hydrogen (secondary N) is 1. The first-order valence-electron chi connectivity index (χ1n) is 6.14. The van der Waals surface area contributed by atoms with Crippen LogP contribution in [0.5, 0.6) is 0 Å². The van der Waals surface area contributed by atoms with Gasteiger partial charge in [0.1, 0.15) is 0 Å². The highest BCUT2D eigenvalue weighted by Crippen LogP contribution is 2.29. The fraction of sp³-hybridized carbons (Fsp3) is 0.538. The van der Waals surface area contributed by atoms with Gasteiger partial charge in [-0.25, -0.2) is 0 Å². The van der Waals surface area contributed by atoms with Crippen LogP contribution < -0.4 is 10.2 Å². The number of halogens is 2. The summed E-state index contributed by atoms with van der Waals surface area (Å²) < 4.78 is 1.19. The van der Waals surface area contributed by atoms with Gasteiger partial charge in [0.25, 0.3) is 0 Å². The van der Waals surface area contributed by atoms with Gasteiger partial charge in [-0.2, -0.15) is 0 Å². The Balaban J connectivity index is 2.10.